The summed E-state index contributed by atoms with van der Waals surface area (Å²) in [5.74, 6) is 27.7. The quantitative estimate of drug-likeness (QED) is 0.604. The van der Waals surface area contributed by atoms with E-state index in [2.05, 4.69) is 80.1 Å². The summed E-state index contributed by atoms with van der Waals surface area (Å²) in [5, 5.41) is 0. The molecule has 0 aliphatic carbocycles. The zero-order valence-corrected chi connectivity index (χ0v) is 14.7. The molecule has 0 nitrogen and oxygen atoms in total. The van der Waals surface area contributed by atoms with Gasteiger partial charge in [-0.3, -0.25) is 0 Å². The van der Waals surface area contributed by atoms with Crippen LogP contribution in [0.2, 0.25) is 0 Å². The van der Waals surface area contributed by atoms with Gasteiger partial charge in [0.15, 0.2) is 0 Å². The Morgan fingerprint density at radius 1 is 0.560 bits per heavy atom. The highest BCUT2D eigenvalue weighted by molar-refractivity contribution is 9.10. The van der Waals surface area contributed by atoms with Crippen molar-refractivity contribution < 1.29 is 0 Å². The lowest BCUT2D eigenvalue weighted by Gasteiger charge is -1.85. The molecular weight excluding hydrogens is 368 g/mol. The van der Waals surface area contributed by atoms with E-state index in [0.29, 0.717) is 5.57 Å². The van der Waals surface area contributed by atoms with E-state index in [1.807, 2.05) is 60.7 Å². The van der Waals surface area contributed by atoms with Gasteiger partial charge in [0, 0.05) is 11.1 Å². The summed E-state index contributed by atoms with van der Waals surface area (Å²) in [5.41, 5.74) is 2.36. The SMILES string of the molecule is Br[C]=C(C#CC#CC#CC#Cc1ccccc1)C#Cc1ccccc1. The molecule has 113 valence electrons. The molecule has 2 rings (SSSR count). The molecule has 0 aliphatic heterocycles. The summed E-state index contributed by atoms with van der Waals surface area (Å²) in [6.07, 6.45) is 0. The topological polar surface area (TPSA) is 0 Å². The standard InChI is InChI=1S/C24H10Br/c25-21-24(20-19-23-16-11-6-12-17-23)18-8-4-2-1-3-7-13-22-14-9-5-10-15-22/h5-6,9-12,14-17H. The largest absolute Gasteiger partial charge is 0.0912 e. The molecule has 0 aromatic heterocycles. The second kappa shape index (κ2) is 11.1. The van der Waals surface area contributed by atoms with Crippen LogP contribution in [-0.4, -0.2) is 0 Å². The lowest BCUT2D eigenvalue weighted by atomic mass is 10.2. The number of rotatable bonds is 0. The normalized spacial score (nSPS) is 8.44. The van der Waals surface area contributed by atoms with Gasteiger partial charge in [0.1, 0.15) is 0 Å². The molecule has 0 fully saturated rings. The van der Waals surface area contributed by atoms with Crippen molar-refractivity contribution in [2.75, 3.05) is 0 Å². The molecule has 0 atom stereocenters. The summed E-state index contributed by atoms with van der Waals surface area (Å²) < 4.78 is 0. The van der Waals surface area contributed by atoms with Crippen LogP contribution in [-0.2, 0) is 0 Å². The third kappa shape index (κ3) is 7.51. The third-order valence-electron chi connectivity index (χ3n) is 2.68. The highest BCUT2D eigenvalue weighted by atomic mass is 79.9. The lowest BCUT2D eigenvalue weighted by Crippen LogP contribution is -1.74. The van der Waals surface area contributed by atoms with E-state index in [1.54, 1.807) is 0 Å². The van der Waals surface area contributed by atoms with E-state index in [4.69, 9.17) is 0 Å². The molecule has 0 heterocycles. The van der Waals surface area contributed by atoms with Crippen molar-refractivity contribution in [1.82, 2.24) is 0 Å². The molecule has 1 heteroatoms. The van der Waals surface area contributed by atoms with Crippen molar-refractivity contribution in [2.24, 2.45) is 0 Å². The number of halogens is 1. The van der Waals surface area contributed by atoms with Crippen LogP contribution >= 0.6 is 15.9 Å². The first-order chi connectivity index (χ1) is 12.4. The van der Waals surface area contributed by atoms with Crippen LogP contribution in [0.25, 0.3) is 0 Å². The number of hydrogen-bond acceptors (Lipinski definition) is 0. The van der Waals surface area contributed by atoms with E-state index < -0.39 is 0 Å². The average molecular weight is 378 g/mol. The maximum absolute atomic E-state index is 3.13. The second-order valence-corrected chi connectivity index (χ2v) is 4.85. The zero-order valence-electron chi connectivity index (χ0n) is 13.2. The molecule has 0 aliphatic rings. The van der Waals surface area contributed by atoms with E-state index in [0.717, 1.165) is 11.1 Å². The minimum absolute atomic E-state index is 0.523. The third-order valence-corrected chi connectivity index (χ3v) is 3.08. The summed E-state index contributed by atoms with van der Waals surface area (Å²) in [6.45, 7) is 0. The van der Waals surface area contributed by atoms with Gasteiger partial charge in [0.05, 0.1) is 10.6 Å². The van der Waals surface area contributed by atoms with Gasteiger partial charge in [-0.2, -0.15) is 0 Å². The fraction of sp³-hybridized carbons (Fsp3) is 0. The van der Waals surface area contributed by atoms with Gasteiger partial charge in [-0.15, -0.1) is 0 Å². The molecular formula is C24H10Br. The molecule has 0 bridgehead atoms. The second-order valence-electron chi connectivity index (χ2n) is 4.45. The van der Waals surface area contributed by atoms with Crippen LogP contribution in [0.4, 0.5) is 0 Å². The Labute approximate surface area is 157 Å². The van der Waals surface area contributed by atoms with Crippen LogP contribution in [0.15, 0.2) is 66.2 Å². The molecule has 0 amide bonds. The summed E-state index contributed by atoms with van der Waals surface area (Å²) in [7, 11) is 0. The Bertz CT molecular complexity index is 1050. The monoisotopic (exact) mass is 377 g/mol. The van der Waals surface area contributed by atoms with Gasteiger partial charge < -0.3 is 0 Å². The maximum Gasteiger partial charge on any atom is 0.0912 e. The van der Waals surface area contributed by atoms with Crippen LogP contribution in [0, 0.1) is 64.2 Å². The molecule has 0 N–H and O–H groups in total. The van der Waals surface area contributed by atoms with E-state index in [1.165, 1.54) is 0 Å². The van der Waals surface area contributed by atoms with Crippen molar-refractivity contribution in [2.45, 2.75) is 0 Å². The molecule has 25 heavy (non-hydrogen) atoms. The highest BCUT2D eigenvalue weighted by Gasteiger charge is 1.85. The van der Waals surface area contributed by atoms with Crippen molar-refractivity contribution in [3.8, 4) is 59.2 Å². The van der Waals surface area contributed by atoms with E-state index >= 15 is 0 Å². The molecule has 2 aromatic rings. The Hall–Kier alpha value is -3.54. The first-order valence-electron chi connectivity index (χ1n) is 7.26. The molecule has 1 radical (unpaired) electrons. The first-order valence-corrected chi connectivity index (χ1v) is 8.05. The van der Waals surface area contributed by atoms with Gasteiger partial charge in [0.2, 0.25) is 0 Å². The summed E-state index contributed by atoms with van der Waals surface area (Å²) >= 11 is 3.13. The zero-order chi connectivity index (χ0) is 17.6. The average Bonchev–Trinajstić information content (AvgIpc) is 2.68. The maximum atomic E-state index is 3.13. The van der Waals surface area contributed by atoms with Crippen molar-refractivity contribution in [1.29, 1.82) is 0 Å². The predicted molar refractivity (Wildman–Crippen MR) is 106 cm³/mol. The smallest absolute Gasteiger partial charge is 0.0622 e. The number of benzene rings is 2. The highest BCUT2D eigenvalue weighted by Crippen LogP contribution is 1.98. The van der Waals surface area contributed by atoms with Gasteiger partial charge >= 0.3 is 0 Å². The fourth-order valence-electron chi connectivity index (χ4n) is 1.58. The summed E-state index contributed by atoms with van der Waals surface area (Å²) in [6, 6.07) is 19.3. The Kier molecular flexibility index (Phi) is 7.88. The van der Waals surface area contributed by atoms with Crippen molar-refractivity contribution >= 4 is 15.9 Å². The van der Waals surface area contributed by atoms with Crippen molar-refractivity contribution in [3.63, 3.8) is 0 Å². The van der Waals surface area contributed by atoms with Crippen LogP contribution in [0.5, 0.6) is 0 Å². The molecule has 0 saturated heterocycles. The number of allylic oxidation sites excluding steroid dienone is 1. The summed E-state index contributed by atoms with van der Waals surface area (Å²) in [4.78, 5) is 2.76. The van der Waals surface area contributed by atoms with Crippen molar-refractivity contribution in [3.05, 3.63) is 82.3 Å². The minimum Gasteiger partial charge on any atom is -0.0622 e. The van der Waals surface area contributed by atoms with Crippen LogP contribution in [0.3, 0.4) is 0 Å². The fourth-order valence-corrected chi connectivity index (χ4v) is 1.78. The molecule has 0 spiro atoms. The Morgan fingerprint density at radius 2 is 1.08 bits per heavy atom. The van der Waals surface area contributed by atoms with Gasteiger partial charge in [0.25, 0.3) is 0 Å². The number of hydrogen-bond donors (Lipinski definition) is 0. The molecule has 0 unspecified atom stereocenters. The van der Waals surface area contributed by atoms with Crippen LogP contribution < -0.4 is 0 Å². The lowest BCUT2D eigenvalue weighted by molar-refractivity contribution is 1.65. The van der Waals surface area contributed by atoms with Gasteiger partial charge in [-0.05, 0) is 81.6 Å². The van der Waals surface area contributed by atoms with Gasteiger partial charge in [-0.25, -0.2) is 0 Å². The molecule has 0 saturated carbocycles. The predicted octanol–water partition coefficient (Wildman–Crippen LogP) is 4.18. The van der Waals surface area contributed by atoms with E-state index in [-0.39, 0.29) is 0 Å². The van der Waals surface area contributed by atoms with E-state index in [9.17, 15) is 0 Å². The van der Waals surface area contributed by atoms with Crippen LogP contribution in [0.1, 0.15) is 11.1 Å². The minimum atomic E-state index is 0.523. The molecule has 2 aromatic carbocycles. The van der Waals surface area contributed by atoms with Gasteiger partial charge in [-0.1, -0.05) is 54.2 Å². The first kappa shape index (κ1) is 17.8. The Balaban J connectivity index is 1.95. The Morgan fingerprint density at radius 3 is 1.68 bits per heavy atom.